The van der Waals surface area contributed by atoms with Gasteiger partial charge in [-0.05, 0) is 49.2 Å². The van der Waals surface area contributed by atoms with Crippen LogP contribution in [-0.4, -0.2) is 59.0 Å². The molecule has 1 amide bonds. The van der Waals surface area contributed by atoms with E-state index in [4.69, 9.17) is 21.1 Å². The van der Waals surface area contributed by atoms with E-state index in [1.54, 1.807) is 46.8 Å². The van der Waals surface area contributed by atoms with E-state index >= 15 is 0 Å². The predicted molar refractivity (Wildman–Crippen MR) is 130 cm³/mol. The van der Waals surface area contributed by atoms with E-state index in [2.05, 4.69) is 4.98 Å². The van der Waals surface area contributed by atoms with Crippen LogP contribution in [0.25, 0.3) is 10.9 Å². The number of carbonyl (C=O) groups excluding carboxylic acids is 1. The second kappa shape index (κ2) is 11.0. The highest BCUT2D eigenvalue weighted by Gasteiger charge is 2.21. The normalized spacial score (nSPS) is 15.6. The lowest BCUT2D eigenvalue weighted by Crippen LogP contribution is -2.33. The SMILES string of the molecule is CN(CCOc1ccc(Cl)cc1)C(=O)CSc1nc2ccccc2c(=O)n1CC1CCCO1. The molecule has 2 heterocycles. The molecular weight excluding hydrogens is 462 g/mol. The number of hydrogen-bond donors (Lipinski definition) is 0. The number of likely N-dealkylation sites (N-methyl/N-ethyl adjacent to an activating group) is 1. The zero-order valence-corrected chi connectivity index (χ0v) is 20.0. The Kier molecular flexibility index (Phi) is 7.90. The molecule has 33 heavy (non-hydrogen) atoms. The van der Waals surface area contributed by atoms with Gasteiger partial charge in [-0.1, -0.05) is 35.5 Å². The maximum atomic E-state index is 13.1. The van der Waals surface area contributed by atoms with E-state index in [1.165, 1.54) is 11.8 Å². The van der Waals surface area contributed by atoms with Crippen LogP contribution in [0.4, 0.5) is 0 Å². The summed E-state index contributed by atoms with van der Waals surface area (Å²) in [6.07, 6.45) is 1.90. The first-order chi connectivity index (χ1) is 16.0. The fourth-order valence-electron chi connectivity index (χ4n) is 3.60. The van der Waals surface area contributed by atoms with E-state index in [9.17, 15) is 9.59 Å². The Bertz CT molecular complexity index is 1160. The number of para-hydroxylation sites is 1. The number of hydrogen-bond acceptors (Lipinski definition) is 6. The van der Waals surface area contributed by atoms with Gasteiger partial charge in [0.25, 0.3) is 5.56 Å². The van der Waals surface area contributed by atoms with Crippen LogP contribution in [0, 0.1) is 0 Å². The molecule has 2 aromatic carbocycles. The smallest absolute Gasteiger partial charge is 0.262 e. The van der Waals surface area contributed by atoms with Crippen molar-refractivity contribution in [3.05, 3.63) is 63.9 Å². The van der Waals surface area contributed by atoms with Gasteiger partial charge in [0.15, 0.2) is 5.16 Å². The molecule has 1 aliphatic rings. The zero-order chi connectivity index (χ0) is 23.2. The second-order valence-corrected chi connectivity index (χ2v) is 9.25. The number of halogens is 1. The highest BCUT2D eigenvalue weighted by atomic mass is 35.5. The van der Waals surface area contributed by atoms with Crippen LogP contribution < -0.4 is 10.3 Å². The molecule has 0 aliphatic carbocycles. The minimum absolute atomic E-state index is 0.00611. The van der Waals surface area contributed by atoms with Crippen molar-refractivity contribution in [1.29, 1.82) is 0 Å². The third-order valence-corrected chi connectivity index (χ3v) is 6.71. The van der Waals surface area contributed by atoms with Crippen molar-refractivity contribution < 1.29 is 14.3 Å². The van der Waals surface area contributed by atoms with Crippen LogP contribution in [-0.2, 0) is 16.1 Å². The van der Waals surface area contributed by atoms with Crippen molar-refractivity contribution in [3.8, 4) is 5.75 Å². The summed E-state index contributed by atoms with van der Waals surface area (Å²) in [5.41, 5.74) is 0.529. The molecule has 1 aromatic heterocycles. The standard InChI is InChI=1S/C24H26ClN3O4S/c1-27(12-14-32-18-10-8-17(25)9-11-18)22(29)16-33-24-26-21-7-3-2-6-20(21)23(30)28(24)15-19-5-4-13-31-19/h2-3,6-11,19H,4-5,12-16H2,1H3. The number of benzene rings is 2. The topological polar surface area (TPSA) is 73.7 Å². The summed E-state index contributed by atoms with van der Waals surface area (Å²) in [4.78, 5) is 32.1. The molecule has 9 heteroatoms. The number of carbonyl (C=O) groups is 1. The first-order valence-corrected chi connectivity index (χ1v) is 12.2. The Morgan fingerprint density at radius 3 is 2.82 bits per heavy atom. The van der Waals surface area contributed by atoms with Crippen molar-refractivity contribution >= 4 is 40.2 Å². The number of nitrogens with zero attached hydrogens (tertiary/aromatic N) is 3. The van der Waals surface area contributed by atoms with Crippen LogP contribution in [0.15, 0.2) is 58.5 Å². The highest BCUT2D eigenvalue weighted by molar-refractivity contribution is 7.99. The number of fused-ring (bicyclic) bond motifs is 1. The fourth-order valence-corrected chi connectivity index (χ4v) is 4.68. The van der Waals surface area contributed by atoms with E-state index in [0.717, 1.165) is 12.8 Å². The first kappa shape index (κ1) is 23.6. The lowest BCUT2D eigenvalue weighted by Gasteiger charge is -2.19. The molecule has 4 rings (SSSR count). The molecule has 3 aromatic rings. The van der Waals surface area contributed by atoms with Crippen LogP contribution in [0.2, 0.25) is 5.02 Å². The van der Waals surface area contributed by atoms with Gasteiger partial charge in [-0.2, -0.15) is 0 Å². The van der Waals surface area contributed by atoms with Crippen LogP contribution in [0.1, 0.15) is 12.8 Å². The van der Waals surface area contributed by atoms with Gasteiger partial charge in [0.05, 0.1) is 35.8 Å². The summed E-state index contributed by atoms with van der Waals surface area (Å²) in [5.74, 6) is 0.812. The van der Waals surface area contributed by atoms with Crippen molar-refractivity contribution in [1.82, 2.24) is 14.5 Å². The van der Waals surface area contributed by atoms with E-state index in [1.807, 2.05) is 18.2 Å². The Labute approximate surface area is 201 Å². The molecule has 1 atom stereocenters. The molecule has 1 saturated heterocycles. The summed E-state index contributed by atoms with van der Waals surface area (Å²) in [5, 5.41) is 1.75. The monoisotopic (exact) mass is 487 g/mol. The van der Waals surface area contributed by atoms with Crippen LogP contribution in [0.3, 0.4) is 0 Å². The number of rotatable bonds is 9. The van der Waals surface area contributed by atoms with Gasteiger partial charge >= 0.3 is 0 Å². The second-order valence-electron chi connectivity index (χ2n) is 7.87. The molecule has 0 radical (unpaired) electrons. The maximum Gasteiger partial charge on any atom is 0.262 e. The van der Waals surface area contributed by atoms with Gasteiger partial charge in [0, 0.05) is 18.7 Å². The lowest BCUT2D eigenvalue weighted by molar-refractivity contribution is -0.127. The summed E-state index contributed by atoms with van der Waals surface area (Å²) in [6.45, 7) is 1.96. The number of ether oxygens (including phenoxy) is 2. The molecule has 1 fully saturated rings. The average Bonchev–Trinajstić information content (AvgIpc) is 3.34. The highest BCUT2D eigenvalue weighted by Crippen LogP contribution is 2.21. The Morgan fingerprint density at radius 1 is 1.27 bits per heavy atom. The predicted octanol–water partition coefficient (Wildman–Crippen LogP) is 3.86. The molecular formula is C24H26ClN3O4S. The van der Waals surface area contributed by atoms with Gasteiger partial charge in [0.2, 0.25) is 5.91 Å². The minimum Gasteiger partial charge on any atom is -0.492 e. The Hall–Kier alpha value is -2.55. The van der Waals surface area contributed by atoms with Crippen molar-refractivity contribution in [2.45, 2.75) is 30.6 Å². The van der Waals surface area contributed by atoms with E-state index in [-0.39, 0.29) is 23.3 Å². The van der Waals surface area contributed by atoms with Gasteiger partial charge in [0.1, 0.15) is 12.4 Å². The van der Waals surface area contributed by atoms with Gasteiger partial charge in [-0.3, -0.25) is 14.2 Å². The third kappa shape index (κ3) is 6.07. The molecule has 7 nitrogen and oxygen atoms in total. The largest absolute Gasteiger partial charge is 0.492 e. The Morgan fingerprint density at radius 2 is 2.06 bits per heavy atom. The Balaban J connectivity index is 1.40. The first-order valence-electron chi connectivity index (χ1n) is 10.9. The minimum atomic E-state index is -0.101. The quantitative estimate of drug-likeness (QED) is 0.337. The number of aromatic nitrogens is 2. The molecule has 1 unspecified atom stereocenters. The third-order valence-electron chi connectivity index (χ3n) is 5.50. The molecule has 1 aliphatic heterocycles. The maximum absolute atomic E-state index is 13.1. The summed E-state index contributed by atoms with van der Waals surface area (Å²) in [7, 11) is 1.74. The lowest BCUT2D eigenvalue weighted by atomic mass is 10.2. The average molecular weight is 488 g/mol. The van der Waals surface area contributed by atoms with Crippen molar-refractivity contribution in [2.24, 2.45) is 0 Å². The van der Waals surface area contributed by atoms with Gasteiger partial charge in [-0.25, -0.2) is 4.98 Å². The van der Waals surface area contributed by atoms with E-state index < -0.39 is 0 Å². The molecule has 0 spiro atoms. The molecule has 0 N–H and O–H groups in total. The van der Waals surface area contributed by atoms with Crippen molar-refractivity contribution in [2.75, 3.05) is 32.6 Å². The van der Waals surface area contributed by atoms with Gasteiger partial charge < -0.3 is 14.4 Å². The van der Waals surface area contributed by atoms with Crippen LogP contribution >= 0.6 is 23.4 Å². The molecule has 0 bridgehead atoms. The van der Waals surface area contributed by atoms with Gasteiger partial charge in [-0.15, -0.1) is 0 Å². The zero-order valence-electron chi connectivity index (χ0n) is 18.4. The van der Waals surface area contributed by atoms with Crippen LogP contribution in [0.5, 0.6) is 5.75 Å². The van der Waals surface area contributed by atoms with E-state index in [0.29, 0.717) is 53.1 Å². The molecule has 174 valence electrons. The summed E-state index contributed by atoms with van der Waals surface area (Å²) in [6, 6.07) is 14.4. The number of thioether (sulfide) groups is 1. The summed E-state index contributed by atoms with van der Waals surface area (Å²) < 4.78 is 13.1. The summed E-state index contributed by atoms with van der Waals surface area (Å²) >= 11 is 7.16. The van der Waals surface area contributed by atoms with Crippen molar-refractivity contribution in [3.63, 3.8) is 0 Å². The molecule has 0 saturated carbocycles. The number of amides is 1. The fraction of sp³-hybridized carbons (Fsp3) is 0.375.